The Kier molecular flexibility index (Phi) is 22.3. The van der Waals surface area contributed by atoms with Crippen LogP contribution in [-0.2, 0) is 38.3 Å². The van der Waals surface area contributed by atoms with Crippen molar-refractivity contribution < 1.29 is 0 Å². The van der Waals surface area contributed by atoms with Crippen LogP contribution in [0.5, 0.6) is 0 Å². The number of aromatic nitrogens is 9. The number of fused-ring (bicyclic) bond motifs is 23. The van der Waals surface area contributed by atoms with Gasteiger partial charge in [-0.15, -0.1) is 0 Å². The van der Waals surface area contributed by atoms with Gasteiger partial charge in [-0.2, -0.15) is 0 Å². The van der Waals surface area contributed by atoms with Crippen molar-refractivity contribution in [2.24, 2.45) is 0 Å². The SMILES string of the molecule is CC(C)(C)c1cc(-c2ccc3c(c2)c2cc(-c4cc(C(C)(C)C)cc(C(C)(C)C)c4)ccc2n3C(C)(C)C)cc(C(C)(C)C)c1.CC(C)(C)n1c2ccccc2c2cc(-c3ccc4c(c3)c3ccccc3n4-c3ccccc3)ccc21.CC(C)(C)n1c2ccccc2c2cc(-n3c4ccccc4n4c5ccccc5nc34)ccc21.CC(C)n1c2ccccc2c2cc(-n3c4ccccc4c4ccccc43)ccc21. The van der Waals surface area contributed by atoms with E-state index in [-0.39, 0.29) is 38.3 Å². The molecule has 8 aromatic heterocycles. The predicted molar refractivity (Wildman–Crippen MR) is 616 cm³/mol. The van der Waals surface area contributed by atoms with Crippen LogP contribution >= 0.6 is 0 Å². The van der Waals surface area contributed by atoms with Gasteiger partial charge in [0.2, 0.25) is 5.78 Å². The van der Waals surface area contributed by atoms with E-state index in [2.05, 4.69) is 566 Å². The molecule has 0 aliphatic carbocycles. The van der Waals surface area contributed by atoms with E-state index >= 15 is 0 Å². The smallest absolute Gasteiger partial charge is 0.220 e. The van der Waals surface area contributed by atoms with E-state index in [1.54, 1.807) is 0 Å². The number of hydrogen-bond acceptors (Lipinski definition) is 1. The fourth-order valence-electron chi connectivity index (χ4n) is 22.6. The molecule has 17 aromatic carbocycles. The van der Waals surface area contributed by atoms with Crippen LogP contribution in [-0.4, -0.2) is 41.4 Å². The third-order valence-electron chi connectivity index (χ3n) is 29.5. The van der Waals surface area contributed by atoms with Gasteiger partial charge < -0.3 is 27.4 Å². The van der Waals surface area contributed by atoms with E-state index < -0.39 is 0 Å². The summed E-state index contributed by atoms with van der Waals surface area (Å²) in [4.78, 5) is 5.04. The average Bonchev–Trinajstić information content (AvgIpc) is 1.54. The zero-order valence-corrected chi connectivity index (χ0v) is 87.3. The molecule has 25 aromatic rings. The van der Waals surface area contributed by atoms with E-state index in [1.807, 2.05) is 0 Å². The quantitative estimate of drug-likeness (QED) is 0.157. The molecule has 25 rings (SSSR count). The fourth-order valence-corrected chi connectivity index (χ4v) is 22.6. The minimum Gasteiger partial charge on any atom is -0.338 e. The van der Waals surface area contributed by atoms with Gasteiger partial charge in [0.05, 0.1) is 44.1 Å². The predicted octanol–water partition coefficient (Wildman–Crippen LogP) is 37.2. The Morgan fingerprint density at radius 2 is 0.448 bits per heavy atom. The summed E-state index contributed by atoms with van der Waals surface area (Å²) in [6.07, 6.45) is 0. The Bertz CT molecular complexity index is 9090. The summed E-state index contributed by atoms with van der Waals surface area (Å²) in [7, 11) is 0. The van der Waals surface area contributed by atoms with E-state index in [4.69, 9.17) is 4.98 Å². The number of hydrogen-bond donors (Lipinski definition) is 0. The monoisotopic (exact) mass is 1870 g/mol. The van der Waals surface area contributed by atoms with Gasteiger partial charge in [0.1, 0.15) is 0 Å². The first-order chi connectivity index (χ1) is 68.2. The Morgan fingerprint density at radius 1 is 0.189 bits per heavy atom. The van der Waals surface area contributed by atoms with Crippen LogP contribution in [0.15, 0.2) is 370 Å². The first-order valence-corrected chi connectivity index (χ1v) is 51.2. The third-order valence-corrected chi connectivity index (χ3v) is 29.5. The van der Waals surface area contributed by atoms with Crippen molar-refractivity contribution in [1.82, 2.24) is 41.4 Å². The molecule has 0 atom stereocenters. The van der Waals surface area contributed by atoms with Crippen molar-refractivity contribution in [2.45, 2.75) is 204 Å². The number of para-hydroxylation sites is 11. The molecular weight excluding hydrogens is 1740 g/mol. The van der Waals surface area contributed by atoms with Crippen LogP contribution in [0.25, 0.3) is 209 Å². The maximum Gasteiger partial charge on any atom is 0.220 e. The molecule has 0 saturated carbocycles. The van der Waals surface area contributed by atoms with Gasteiger partial charge in [0.15, 0.2) is 0 Å². The molecule has 0 fully saturated rings. The fraction of sp³-hybridized carbons (Fsp3) is 0.231. The van der Waals surface area contributed by atoms with Crippen molar-refractivity contribution in [3.63, 3.8) is 0 Å². The molecule has 0 radical (unpaired) electrons. The van der Waals surface area contributed by atoms with Crippen molar-refractivity contribution in [3.05, 3.63) is 392 Å². The zero-order chi connectivity index (χ0) is 99.8. The molecule has 143 heavy (non-hydrogen) atoms. The summed E-state index contributed by atoms with van der Waals surface area (Å²) in [5.74, 6) is 0.941. The maximum atomic E-state index is 5.04. The molecule has 0 N–H and O–H groups in total. The molecule has 0 aliphatic rings. The summed E-state index contributed by atoms with van der Waals surface area (Å²) in [6, 6.07) is 137. The summed E-state index contributed by atoms with van der Waals surface area (Å²) in [6.45, 7) is 53.0. The highest BCUT2D eigenvalue weighted by Crippen LogP contribution is 2.47. The third kappa shape index (κ3) is 16.2. The summed E-state index contributed by atoms with van der Waals surface area (Å²) in [5, 5.41) is 15.6. The second-order valence-electron chi connectivity index (χ2n) is 47.1. The van der Waals surface area contributed by atoms with Gasteiger partial charge in [-0.05, 0) is 311 Å². The lowest BCUT2D eigenvalue weighted by atomic mass is 9.78. The van der Waals surface area contributed by atoms with E-state index in [9.17, 15) is 0 Å². The lowest BCUT2D eigenvalue weighted by molar-refractivity contribution is 0.423. The van der Waals surface area contributed by atoms with Crippen molar-refractivity contribution >= 4 is 159 Å². The van der Waals surface area contributed by atoms with Gasteiger partial charge >= 0.3 is 0 Å². The van der Waals surface area contributed by atoms with Gasteiger partial charge in [-0.3, -0.25) is 8.97 Å². The van der Waals surface area contributed by atoms with Gasteiger partial charge in [0.25, 0.3) is 0 Å². The minimum atomic E-state index is -0.0554. The number of benzene rings is 17. The molecule has 0 saturated heterocycles. The molecule has 0 aliphatic heterocycles. The van der Waals surface area contributed by atoms with Crippen LogP contribution in [0.4, 0.5) is 0 Å². The lowest BCUT2D eigenvalue weighted by Gasteiger charge is -2.26. The summed E-state index contributed by atoms with van der Waals surface area (Å²) < 4.78 is 19.2. The van der Waals surface area contributed by atoms with E-state index in [1.165, 1.54) is 203 Å². The molecule has 0 bridgehead atoms. The van der Waals surface area contributed by atoms with Crippen molar-refractivity contribution in [1.29, 1.82) is 0 Å². The normalized spacial score (nSPS) is 12.8. The maximum absolute atomic E-state index is 5.04. The standard InChI is InChI=1S/C44H57N.C34H28N2.C29H24N4.C27H22N2/c1-40(2,3)32-20-30(21-33(26-32)41(4,5)6)28-16-18-38-36(24-28)37-25-29(17-19-39(37)45(38)44(13,14)15)31-22-34(42(7,8)9)27-35(23-31)43(10,11)12;1-34(2,3)36-32-16-10-8-14-27(32)29-22-24(18-20-33(29)36)23-17-19-31-28(21-23)26-13-7-9-15-30(26)35(31)25-11-5-4-6-12-25;1-29(2,3)33-23-12-6-4-10-20(23)21-18-19(16-17-24(21)33)31-26-14-8-9-15-27(26)32-25-13-7-5-11-22(25)30-28(31)32;1-18(2)28-24-12-6-5-11-22(24)23-17-19(15-16-27(23)28)29-25-13-7-3-9-20(25)21-10-4-8-14-26(21)29/h16-27H,1-15H3;4-22H,1-3H3;4-18H,1-3H3;3-18H,1-2H3. The second-order valence-corrected chi connectivity index (χ2v) is 47.1. The van der Waals surface area contributed by atoms with Crippen LogP contribution in [0.1, 0.15) is 188 Å². The van der Waals surface area contributed by atoms with Crippen molar-refractivity contribution in [2.75, 3.05) is 0 Å². The molecule has 8 heterocycles. The van der Waals surface area contributed by atoms with Crippen LogP contribution in [0, 0.1) is 0 Å². The highest BCUT2D eigenvalue weighted by atomic mass is 15.2. The average molecular weight is 1870 g/mol. The topological polar surface area (TPSA) is 51.8 Å². The second kappa shape index (κ2) is 34.3. The zero-order valence-electron chi connectivity index (χ0n) is 87.3. The molecular formula is C134H131N9. The van der Waals surface area contributed by atoms with Gasteiger partial charge in [0, 0.05) is 148 Å². The summed E-state index contributed by atoms with van der Waals surface area (Å²) >= 11 is 0. The van der Waals surface area contributed by atoms with E-state index in [0.717, 1.165) is 28.0 Å². The summed E-state index contributed by atoms with van der Waals surface area (Å²) in [5.41, 5.74) is 36.7. The molecule has 0 amide bonds. The number of imidazole rings is 2. The Labute approximate surface area is 840 Å². The Balaban J connectivity index is 0.000000110. The van der Waals surface area contributed by atoms with Crippen molar-refractivity contribution in [3.8, 4) is 50.4 Å². The highest BCUT2D eigenvalue weighted by Gasteiger charge is 2.31. The van der Waals surface area contributed by atoms with Gasteiger partial charge in [-0.1, -0.05) is 295 Å². The molecule has 9 nitrogen and oxygen atoms in total. The highest BCUT2D eigenvalue weighted by molar-refractivity contribution is 6.16. The largest absolute Gasteiger partial charge is 0.338 e. The first-order valence-electron chi connectivity index (χ1n) is 51.2. The lowest BCUT2D eigenvalue weighted by Crippen LogP contribution is -2.21. The Morgan fingerprint density at radius 3 is 0.853 bits per heavy atom. The number of nitrogens with zero attached hydrogens (tertiary/aromatic N) is 9. The molecule has 9 heteroatoms. The first kappa shape index (κ1) is 92.8. The molecule has 0 unspecified atom stereocenters. The van der Waals surface area contributed by atoms with E-state index in [0.29, 0.717) is 6.04 Å². The number of rotatable bonds is 7. The van der Waals surface area contributed by atoms with Crippen LogP contribution in [0.2, 0.25) is 0 Å². The Hall–Kier alpha value is -15.2. The molecule has 0 spiro atoms. The molecule has 712 valence electrons. The van der Waals surface area contributed by atoms with Crippen LogP contribution < -0.4 is 0 Å². The minimum absolute atomic E-state index is 0.00104. The van der Waals surface area contributed by atoms with Gasteiger partial charge in [-0.25, -0.2) is 4.98 Å². The van der Waals surface area contributed by atoms with Crippen LogP contribution in [0.3, 0.4) is 0 Å².